The fourth-order valence-electron chi connectivity index (χ4n) is 3.63. The number of piperidine rings is 1. The van der Waals surface area contributed by atoms with Crippen LogP contribution in [0.25, 0.3) is 0 Å². The van der Waals surface area contributed by atoms with Crippen LogP contribution in [0.4, 0.5) is 5.69 Å². The van der Waals surface area contributed by atoms with E-state index < -0.39 is 10.0 Å². The number of rotatable bonds is 8. The van der Waals surface area contributed by atoms with E-state index in [-0.39, 0.29) is 0 Å². The van der Waals surface area contributed by atoms with E-state index in [0.717, 1.165) is 36.8 Å². The lowest BCUT2D eigenvalue weighted by molar-refractivity contribution is 0.131. The van der Waals surface area contributed by atoms with E-state index in [0.29, 0.717) is 18.2 Å². The normalized spacial score (nSPS) is 17.8. The second-order valence-corrected chi connectivity index (χ2v) is 10.2. The monoisotopic (exact) mass is 436 g/mol. The highest BCUT2D eigenvalue weighted by Gasteiger charge is 2.20. The molecule has 0 saturated carbocycles. The van der Waals surface area contributed by atoms with Crippen molar-refractivity contribution in [3.8, 4) is 5.75 Å². The molecule has 0 radical (unpaired) electrons. The molecule has 0 aliphatic carbocycles. The van der Waals surface area contributed by atoms with Crippen molar-refractivity contribution in [1.82, 2.24) is 4.90 Å². The zero-order valence-electron chi connectivity index (χ0n) is 17.1. The lowest BCUT2D eigenvalue weighted by Crippen LogP contribution is -2.38. The third-order valence-electron chi connectivity index (χ3n) is 5.39. The third kappa shape index (κ3) is 6.63. The molecule has 2 aromatic carbocycles. The SMILES string of the molecule is CN(c1ccc(OCC2CCCN(CCc3cccc(Cl)c3)C2)cc1)S(C)(=O)=O. The van der Waals surface area contributed by atoms with Gasteiger partial charge in [-0.1, -0.05) is 23.7 Å². The molecule has 1 saturated heterocycles. The minimum atomic E-state index is -3.25. The van der Waals surface area contributed by atoms with Crippen molar-refractivity contribution in [3.63, 3.8) is 0 Å². The van der Waals surface area contributed by atoms with Gasteiger partial charge in [-0.05, 0) is 67.8 Å². The number of nitrogens with zero attached hydrogens (tertiary/aromatic N) is 2. The van der Waals surface area contributed by atoms with Crippen LogP contribution in [0.5, 0.6) is 5.75 Å². The van der Waals surface area contributed by atoms with Gasteiger partial charge in [0.25, 0.3) is 0 Å². The van der Waals surface area contributed by atoms with Gasteiger partial charge in [-0.3, -0.25) is 4.31 Å². The van der Waals surface area contributed by atoms with Crippen molar-refractivity contribution in [2.75, 3.05) is 43.8 Å². The number of hydrogen-bond donors (Lipinski definition) is 0. The Morgan fingerprint density at radius 3 is 2.66 bits per heavy atom. The summed E-state index contributed by atoms with van der Waals surface area (Å²) in [6, 6.07) is 15.3. The first-order valence-corrected chi connectivity index (χ1v) is 12.2. The Morgan fingerprint density at radius 1 is 1.21 bits per heavy atom. The molecule has 0 N–H and O–H groups in total. The average Bonchev–Trinajstić information content (AvgIpc) is 2.70. The predicted octanol–water partition coefficient (Wildman–Crippen LogP) is 4.07. The lowest BCUT2D eigenvalue weighted by Gasteiger charge is -2.32. The van der Waals surface area contributed by atoms with Gasteiger partial charge in [-0.25, -0.2) is 8.42 Å². The Morgan fingerprint density at radius 2 is 1.97 bits per heavy atom. The minimum Gasteiger partial charge on any atom is -0.493 e. The summed E-state index contributed by atoms with van der Waals surface area (Å²) in [7, 11) is -1.71. The third-order valence-corrected chi connectivity index (χ3v) is 6.83. The van der Waals surface area contributed by atoms with Gasteiger partial charge in [0, 0.05) is 31.1 Å². The summed E-state index contributed by atoms with van der Waals surface area (Å²) in [5, 5.41) is 0.793. The van der Waals surface area contributed by atoms with Gasteiger partial charge in [0.2, 0.25) is 10.0 Å². The molecule has 1 aliphatic rings. The summed E-state index contributed by atoms with van der Waals surface area (Å²) in [4.78, 5) is 2.50. The van der Waals surface area contributed by atoms with Gasteiger partial charge in [0.1, 0.15) is 5.75 Å². The molecular formula is C22H29ClN2O3S. The van der Waals surface area contributed by atoms with Crippen LogP contribution in [0.15, 0.2) is 48.5 Å². The van der Waals surface area contributed by atoms with Crippen molar-refractivity contribution in [2.24, 2.45) is 5.92 Å². The molecular weight excluding hydrogens is 408 g/mol. The van der Waals surface area contributed by atoms with E-state index >= 15 is 0 Å². The molecule has 1 heterocycles. The second-order valence-electron chi connectivity index (χ2n) is 7.72. The summed E-state index contributed by atoms with van der Waals surface area (Å²) in [5.41, 5.74) is 1.90. The molecule has 7 heteroatoms. The van der Waals surface area contributed by atoms with Crippen molar-refractivity contribution < 1.29 is 13.2 Å². The average molecular weight is 437 g/mol. The summed E-state index contributed by atoms with van der Waals surface area (Å²) >= 11 is 6.08. The van der Waals surface area contributed by atoms with Gasteiger partial charge in [-0.2, -0.15) is 0 Å². The molecule has 0 amide bonds. The molecule has 5 nitrogen and oxygen atoms in total. The number of halogens is 1. The van der Waals surface area contributed by atoms with Crippen LogP contribution >= 0.6 is 11.6 Å². The number of benzene rings is 2. The molecule has 158 valence electrons. The number of sulfonamides is 1. The number of ether oxygens (including phenoxy) is 1. The molecule has 1 atom stereocenters. The molecule has 0 aromatic heterocycles. The Balaban J connectivity index is 1.47. The van der Waals surface area contributed by atoms with Gasteiger partial charge >= 0.3 is 0 Å². The van der Waals surface area contributed by atoms with E-state index in [4.69, 9.17) is 16.3 Å². The molecule has 0 spiro atoms. The van der Waals surface area contributed by atoms with Crippen LogP contribution in [0.1, 0.15) is 18.4 Å². The van der Waals surface area contributed by atoms with Crippen LogP contribution in [0.2, 0.25) is 5.02 Å². The zero-order valence-corrected chi connectivity index (χ0v) is 18.6. The standard InChI is InChI=1S/C22H29ClN2O3S/c1-24(29(2,26)27)21-8-10-22(11-9-21)28-17-19-6-4-13-25(16-19)14-12-18-5-3-7-20(23)15-18/h3,5,7-11,15,19H,4,6,12-14,16-17H2,1-2H3. The maximum absolute atomic E-state index is 11.6. The highest BCUT2D eigenvalue weighted by molar-refractivity contribution is 7.92. The Hall–Kier alpha value is -1.76. The van der Waals surface area contributed by atoms with Gasteiger partial charge in [0.05, 0.1) is 18.6 Å². The van der Waals surface area contributed by atoms with E-state index in [9.17, 15) is 8.42 Å². The molecule has 1 unspecified atom stereocenters. The predicted molar refractivity (Wildman–Crippen MR) is 120 cm³/mol. The first kappa shape index (κ1) is 21.9. The first-order valence-electron chi connectivity index (χ1n) is 9.95. The molecule has 2 aromatic rings. The smallest absolute Gasteiger partial charge is 0.231 e. The molecule has 29 heavy (non-hydrogen) atoms. The maximum Gasteiger partial charge on any atom is 0.231 e. The second kappa shape index (κ2) is 9.83. The van der Waals surface area contributed by atoms with E-state index in [2.05, 4.69) is 11.0 Å². The van der Waals surface area contributed by atoms with Crippen molar-refractivity contribution in [1.29, 1.82) is 0 Å². The summed E-state index contributed by atoms with van der Waals surface area (Å²) < 4.78 is 30.5. The first-order chi connectivity index (χ1) is 13.8. The van der Waals surface area contributed by atoms with E-state index in [1.54, 1.807) is 19.2 Å². The van der Waals surface area contributed by atoms with E-state index in [1.165, 1.54) is 29.0 Å². The quantitative estimate of drug-likeness (QED) is 0.625. The highest BCUT2D eigenvalue weighted by atomic mass is 35.5. The summed E-state index contributed by atoms with van der Waals surface area (Å²) in [6.07, 6.45) is 4.55. The molecule has 0 bridgehead atoms. The Bertz CT molecular complexity index is 903. The number of likely N-dealkylation sites (tertiary alicyclic amines) is 1. The summed E-state index contributed by atoms with van der Waals surface area (Å²) in [6.45, 7) is 3.87. The van der Waals surface area contributed by atoms with Gasteiger partial charge in [0.15, 0.2) is 0 Å². The fraction of sp³-hybridized carbons (Fsp3) is 0.455. The molecule has 3 rings (SSSR count). The lowest BCUT2D eigenvalue weighted by atomic mass is 9.98. The van der Waals surface area contributed by atoms with Gasteiger partial charge in [-0.15, -0.1) is 0 Å². The van der Waals surface area contributed by atoms with Crippen LogP contribution in [0.3, 0.4) is 0 Å². The van der Waals surface area contributed by atoms with Crippen molar-refractivity contribution >= 4 is 27.3 Å². The van der Waals surface area contributed by atoms with Crippen LogP contribution in [0, 0.1) is 5.92 Å². The van der Waals surface area contributed by atoms with Crippen molar-refractivity contribution in [3.05, 3.63) is 59.1 Å². The van der Waals surface area contributed by atoms with Crippen LogP contribution in [-0.2, 0) is 16.4 Å². The number of anilines is 1. The van der Waals surface area contributed by atoms with Gasteiger partial charge < -0.3 is 9.64 Å². The van der Waals surface area contributed by atoms with Crippen LogP contribution in [-0.4, -0.2) is 52.9 Å². The molecule has 1 fully saturated rings. The Kier molecular flexibility index (Phi) is 7.44. The Labute approximate surface area is 179 Å². The van der Waals surface area contributed by atoms with Crippen LogP contribution < -0.4 is 9.04 Å². The van der Waals surface area contributed by atoms with Crippen molar-refractivity contribution in [2.45, 2.75) is 19.3 Å². The minimum absolute atomic E-state index is 0.501. The summed E-state index contributed by atoms with van der Waals surface area (Å²) in [5.74, 6) is 1.27. The van der Waals surface area contributed by atoms with E-state index in [1.807, 2.05) is 30.3 Å². The maximum atomic E-state index is 11.6. The topological polar surface area (TPSA) is 49.9 Å². The molecule has 1 aliphatic heterocycles. The highest BCUT2D eigenvalue weighted by Crippen LogP contribution is 2.23. The fourth-order valence-corrected chi connectivity index (χ4v) is 4.35. The largest absolute Gasteiger partial charge is 0.493 e. The zero-order chi connectivity index (χ0) is 20.9. The number of hydrogen-bond acceptors (Lipinski definition) is 4.